The SMILES string of the molecule is C#CCCCC(NCCC)c1ncccc1Cl. The molecule has 0 aliphatic carbocycles. The minimum atomic E-state index is 0.206. The highest BCUT2D eigenvalue weighted by Crippen LogP contribution is 2.24. The van der Waals surface area contributed by atoms with Crippen LogP contribution < -0.4 is 5.32 Å². The van der Waals surface area contributed by atoms with Crippen LogP contribution in [0.3, 0.4) is 0 Å². The molecule has 1 rings (SSSR count). The fourth-order valence-corrected chi connectivity index (χ4v) is 1.97. The molecule has 1 N–H and O–H groups in total. The molecule has 1 unspecified atom stereocenters. The van der Waals surface area contributed by atoms with Crippen LogP contribution in [0.5, 0.6) is 0 Å². The second-order valence-electron chi connectivity index (χ2n) is 3.97. The number of aromatic nitrogens is 1. The molecule has 0 fully saturated rings. The Bertz CT molecular complexity index is 371. The Labute approximate surface area is 109 Å². The first-order valence-corrected chi connectivity index (χ1v) is 6.44. The maximum absolute atomic E-state index is 6.17. The molecular formula is C14H19ClN2. The molecule has 0 bridgehead atoms. The van der Waals surface area contributed by atoms with Crippen LogP contribution in [-0.2, 0) is 0 Å². The normalized spacial score (nSPS) is 12.1. The van der Waals surface area contributed by atoms with Crippen LogP contribution in [0.15, 0.2) is 18.3 Å². The van der Waals surface area contributed by atoms with Gasteiger partial charge in [0.2, 0.25) is 0 Å². The second kappa shape index (κ2) is 8.11. The Hall–Kier alpha value is -1.04. The van der Waals surface area contributed by atoms with Crippen LogP contribution in [0.25, 0.3) is 0 Å². The molecule has 0 aromatic carbocycles. The fourth-order valence-electron chi connectivity index (χ4n) is 1.72. The Morgan fingerprint density at radius 2 is 2.41 bits per heavy atom. The van der Waals surface area contributed by atoms with Crippen molar-refractivity contribution in [2.45, 2.75) is 38.6 Å². The average molecular weight is 251 g/mol. The van der Waals surface area contributed by atoms with Gasteiger partial charge in [-0.2, -0.15) is 0 Å². The highest BCUT2D eigenvalue weighted by atomic mass is 35.5. The number of nitrogens with zero attached hydrogens (tertiary/aromatic N) is 1. The fraction of sp³-hybridized carbons (Fsp3) is 0.500. The lowest BCUT2D eigenvalue weighted by Crippen LogP contribution is -2.23. The number of nitrogens with one attached hydrogen (secondary N) is 1. The van der Waals surface area contributed by atoms with Crippen molar-refractivity contribution < 1.29 is 0 Å². The quantitative estimate of drug-likeness (QED) is 0.591. The number of halogens is 1. The molecule has 1 aromatic heterocycles. The Morgan fingerprint density at radius 3 is 3.06 bits per heavy atom. The van der Waals surface area contributed by atoms with Gasteiger partial charge in [0.25, 0.3) is 0 Å². The first-order valence-electron chi connectivity index (χ1n) is 6.06. The third-order valence-electron chi connectivity index (χ3n) is 2.57. The van der Waals surface area contributed by atoms with Gasteiger partial charge in [-0.05, 0) is 37.9 Å². The molecule has 0 amide bonds. The van der Waals surface area contributed by atoms with E-state index in [-0.39, 0.29) is 6.04 Å². The zero-order valence-electron chi connectivity index (χ0n) is 10.2. The van der Waals surface area contributed by atoms with Crippen LogP contribution >= 0.6 is 11.6 Å². The molecule has 2 nitrogen and oxygen atoms in total. The highest BCUT2D eigenvalue weighted by Gasteiger charge is 2.14. The van der Waals surface area contributed by atoms with E-state index in [2.05, 4.69) is 23.1 Å². The lowest BCUT2D eigenvalue weighted by molar-refractivity contribution is 0.478. The summed E-state index contributed by atoms with van der Waals surface area (Å²) in [7, 11) is 0. The van der Waals surface area contributed by atoms with E-state index >= 15 is 0 Å². The molecule has 0 radical (unpaired) electrons. The average Bonchev–Trinajstić information content (AvgIpc) is 2.35. The largest absolute Gasteiger partial charge is 0.309 e. The smallest absolute Gasteiger partial charge is 0.0758 e. The third-order valence-corrected chi connectivity index (χ3v) is 2.89. The number of unbranched alkanes of at least 4 members (excludes halogenated alkanes) is 1. The monoisotopic (exact) mass is 250 g/mol. The van der Waals surface area contributed by atoms with Crippen molar-refractivity contribution in [1.29, 1.82) is 0 Å². The van der Waals surface area contributed by atoms with E-state index in [1.54, 1.807) is 6.20 Å². The number of pyridine rings is 1. The molecule has 1 aromatic rings. The minimum absolute atomic E-state index is 0.206. The summed E-state index contributed by atoms with van der Waals surface area (Å²) >= 11 is 6.17. The molecule has 0 spiro atoms. The molecule has 1 heterocycles. The maximum Gasteiger partial charge on any atom is 0.0758 e. The van der Waals surface area contributed by atoms with E-state index in [1.807, 2.05) is 12.1 Å². The molecule has 1 atom stereocenters. The lowest BCUT2D eigenvalue weighted by atomic mass is 10.1. The summed E-state index contributed by atoms with van der Waals surface area (Å²) in [5.41, 5.74) is 0.930. The van der Waals surface area contributed by atoms with Gasteiger partial charge in [-0.25, -0.2) is 0 Å². The molecule has 3 heteroatoms. The Balaban J connectivity index is 2.68. The zero-order chi connectivity index (χ0) is 12.5. The highest BCUT2D eigenvalue weighted by molar-refractivity contribution is 6.31. The first kappa shape index (κ1) is 14.0. The van der Waals surface area contributed by atoms with Crippen LogP contribution in [-0.4, -0.2) is 11.5 Å². The predicted molar refractivity (Wildman–Crippen MR) is 73.0 cm³/mol. The molecule has 17 heavy (non-hydrogen) atoms. The summed E-state index contributed by atoms with van der Waals surface area (Å²) in [4.78, 5) is 4.36. The first-order chi connectivity index (χ1) is 8.29. The van der Waals surface area contributed by atoms with Crippen molar-refractivity contribution in [2.75, 3.05) is 6.54 Å². The summed E-state index contributed by atoms with van der Waals surface area (Å²) in [6.45, 7) is 3.11. The van der Waals surface area contributed by atoms with Gasteiger partial charge in [-0.3, -0.25) is 4.98 Å². The molecule has 0 aliphatic heterocycles. The van der Waals surface area contributed by atoms with Gasteiger partial charge >= 0.3 is 0 Å². The number of terminal acetylenes is 1. The van der Waals surface area contributed by atoms with E-state index in [0.29, 0.717) is 0 Å². The van der Waals surface area contributed by atoms with Crippen LogP contribution in [0.1, 0.15) is 44.3 Å². The maximum atomic E-state index is 6.17. The second-order valence-corrected chi connectivity index (χ2v) is 4.38. The summed E-state index contributed by atoms with van der Waals surface area (Å²) < 4.78 is 0. The molecule has 0 aliphatic rings. The van der Waals surface area contributed by atoms with Crippen LogP contribution in [0.2, 0.25) is 5.02 Å². The van der Waals surface area contributed by atoms with E-state index < -0.39 is 0 Å². The van der Waals surface area contributed by atoms with E-state index in [9.17, 15) is 0 Å². The number of hydrogen-bond donors (Lipinski definition) is 1. The molecule has 92 valence electrons. The zero-order valence-corrected chi connectivity index (χ0v) is 11.0. The summed E-state index contributed by atoms with van der Waals surface area (Å²) in [6, 6.07) is 3.94. The van der Waals surface area contributed by atoms with Gasteiger partial charge in [-0.15, -0.1) is 12.3 Å². The van der Waals surface area contributed by atoms with Crippen molar-refractivity contribution in [2.24, 2.45) is 0 Å². The van der Waals surface area contributed by atoms with Gasteiger partial charge in [0, 0.05) is 12.6 Å². The molecular weight excluding hydrogens is 232 g/mol. The topological polar surface area (TPSA) is 24.9 Å². The summed E-state index contributed by atoms with van der Waals surface area (Å²) in [6.07, 6.45) is 10.9. The van der Waals surface area contributed by atoms with Crippen molar-refractivity contribution in [3.05, 3.63) is 29.0 Å². The van der Waals surface area contributed by atoms with Crippen molar-refractivity contribution in [3.8, 4) is 12.3 Å². The van der Waals surface area contributed by atoms with Gasteiger partial charge in [0.05, 0.1) is 16.8 Å². The molecule has 0 saturated heterocycles. The van der Waals surface area contributed by atoms with E-state index in [0.717, 1.165) is 42.9 Å². The molecule has 0 saturated carbocycles. The Kier molecular flexibility index (Phi) is 6.69. The van der Waals surface area contributed by atoms with Gasteiger partial charge < -0.3 is 5.32 Å². The van der Waals surface area contributed by atoms with Gasteiger partial charge in [0.15, 0.2) is 0 Å². The van der Waals surface area contributed by atoms with Crippen molar-refractivity contribution in [3.63, 3.8) is 0 Å². The van der Waals surface area contributed by atoms with Crippen molar-refractivity contribution >= 4 is 11.6 Å². The van der Waals surface area contributed by atoms with Crippen molar-refractivity contribution in [1.82, 2.24) is 10.3 Å². The number of hydrogen-bond acceptors (Lipinski definition) is 2. The van der Waals surface area contributed by atoms with Crippen LogP contribution in [0, 0.1) is 12.3 Å². The summed E-state index contributed by atoms with van der Waals surface area (Å²) in [5, 5.41) is 4.19. The third kappa shape index (κ3) is 4.77. The van der Waals surface area contributed by atoms with E-state index in [1.165, 1.54) is 0 Å². The Morgan fingerprint density at radius 1 is 1.59 bits per heavy atom. The predicted octanol–water partition coefficient (Wildman–Crippen LogP) is 3.58. The van der Waals surface area contributed by atoms with Gasteiger partial charge in [-0.1, -0.05) is 18.5 Å². The minimum Gasteiger partial charge on any atom is -0.309 e. The lowest BCUT2D eigenvalue weighted by Gasteiger charge is -2.18. The summed E-state index contributed by atoms with van der Waals surface area (Å²) in [5.74, 6) is 2.66. The number of rotatable bonds is 7. The van der Waals surface area contributed by atoms with Crippen LogP contribution in [0.4, 0.5) is 0 Å². The van der Waals surface area contributed by atoms with Gasteiger partial charge in [0.1, 0.15) is 0 Å². The van der Waals surface area contributed by atoms with E-state index in [4.69, 9.17) is 18.0 Å². The standard InChI is InChI=1S/C14H19ClN2/c1-3-5-6-9-13(16-10-4-2)14-12(15)8-7-11-17-14/h1,7-8,11,13,16H,4-6,9-10H2,2H3.